The average Bonchev–Trinajstić information content (AvgIpc) is 1.89. The molecule has 0 rings (SSSR count). The van der Waals surface area contributed by atoms with E-state index in [1.54, 1.807) is 0 Å². The zero-order chi connectivity index (χ0) is 6.95. The summed E-state index contributed by atoms with van der Waals surface area (Å²) >= 11 is 0. The molecule has 0 saturated heterocycles. The van der Waals surface area contributed by atoms with Crippen molar-refractivity contribution in [2.45, 2.75) is 45.4 Å². The minimum Gasteiger partial charge on any atom is -0.870 e. The van der Waals surface area contributed by atoms with Crippen LogP contribution in [0.25, 0.3) is 0 Å². The van der Waals surface area contributed by atoms with Gasteiger partial charge >= 0.3 is 21.7 Å². The summed E-state index contributed by atoms with van der Waals surface area (Å²) in [6.45, 7) is 2.58. The van der Waals surface area contributed by atoms with Crippen molar-refractivity contribution in [2.24, 2.45) is 0 Å². The Labute approximate surface area is 117 Å². The Balaban J connectivity index is -0.0000000320. The second kappa shape index (κ2) is 36.7. The molecule has 86 valence electrons. The van der Waals surface area contributed by atoms with E-state index in [9.17, 15) is 0 Å². The fraction of sp³-hybridized carbons (Fsp3) is 1.00. The Morgan fingerprint density at radius 2 is 1.14 bits per heavy atom. The van der Waals surface area contributed by atoms with Gasteiger partial charge in [0, 0.05) is 28.3 Å². The maximum atomic E-state index is 8.42. The van der Waals surface area contributed by atoms with E-state index in [-0.39, 0.29) is 59.9 Å². The second-order valence-corrected chi connectivity index (χ2v) is 2.49. The molecule has 0 aliphatic rings. The summed E-state index contributed by atoms with van der Waals surface area (Å²) in [5.74, 6) is 0. The minimum atomic E-state index is 0. The Hall–Kier alpha value is 1.27. The van der Waals surface area contributed by atoms with E-state index in [2.05, 4.69) is 6.92 Å². The summed E-state index contributed by atoms with van der Waals surface area (Å²) in [6.07, 6.45) is 7.50. The van der Waals surface area contributed by atoms with E-state index >= 15 is 0 Å². The fourth-order valence-corrected chi connectivity index (χ4v) is 0.892. The predicted molar refractivity (Wildman–Crippen MR) is 46.3 cm³/mol. The Morgan fingerprint density at radius 3 is 1.50 bits per heavy atom. The van der Waals surface area contributed by atoms with Crippen molar-refractivity contribution < 1.29 is 65.0 Å². The zero-order valence-electron chi connectivity index (χ0n) is 8.74. The molecule has 0 spiro atoms. The summed E-state index contributed by atoms with van der Waals surface area (Å²) in [7, 11) is 0. The van der Waals surface area contributed by atoms with Crippen LogP contribution in [-0.2, 0) is 43.4 Å². The second-order valence-electron chi connectivity index (χ2n) is 2.49. The molecule has 0 unspecified atom stereocenters. The van der Waals surface area contributed by atoms with Gasteiger partial charge in [-0.15, -0.1) is 0 Å². The quantitative estimate of drug-likeness (QED) is 0.589. The summed E-state index contributed by atoms with van der Waals surface area (Å²) < 4.78 is 0. The Bertz CT molecular complexity index is 52.6. The molecule has 6 heteroatoms. The van der Waals surface area contributed by atoms with Gasteiger partial charge in [-0.3, -0.25) is 0 Å². The topological polar surface area (TPSA) is 110 Å². The molecule has 0 fully saturated rings. The maximum Gasteiger partial charge on any atom is 2.00 e. The van der Waals surface area contributed by atoms with Crippen LogP contribution in [0.3, 0.4) is 0 Å². The van der Waals surface area contributed by atoms with Gasteiger partial charge in [0.15, 0.2) is 0 Å². The van der Waals surface area contributed by atoms with Crippen LogP contribution in [-0.4, -0.2) is 28.1 Å². The standard InChI is InChI=1S/C8H18O.3H2O.2Ti/c1-2-3-4-5-6-7-8-9;;;;;/h9H,2-8H2,1H3;3*1H2;;/q;;;;;+2/p-3. The minimum absolute atomic E-state index is 0. The van der Waals surface area contributed by atoms with Crippen LogP contribution in [0.5, 0.6) is 0 Å². The molecule has 0 amide bonds. The molecule has 4 N–H and O–H groups in total. The molecule has 0 aromatic carbocycles. The van der Waals surface area contributed by atoms with Crippen LogP contribution in [0.15, 0.2) is 0 Å². The van der Waals surface area contributed by atoms with Crippen molar-refractivity contribution in [1.82, 2.24) is 0 Å². The van der Waals surface area contributed by atoms with Crippen molar-refractivity contribution in [3.63, 3.8) is 0 Å². The van der Waals surface area contributed by atoms with Gasteiger partial charge in [0.05, 0.1) is 0 Å². The van der Waals surface area contributed by atoms with Gasteiger partial charge in [-0.05, 0) is 6.42 Å². The monoisotopic (exact) mass is 277 g/mol. The summed E-state index contributed by atoms with van der Waals surface area (Å²) in [6, 6.07) is 0. The van der Waals surface area contributed by atoms with Gasteiger partial charge in [-0.1, -0.05) is 39.0 Å². The number of unbranched alkanes of at least 4 members (excludes halogenated alkanes) is 5. The molecule has 14 heavy (non-hydrogen) atoms. The van der Waals surface area contributed by atoms with Gasteiger partial charge in [-0.25, -0.2) is 0 Å². The first-order chi connectivity index (χ1) is 4.41. The van der Waals surface area contributed by atoms with Crippen LogP contribution >= 0.6 is 0 Å². The van der Waals surface area contributed by atoms with Gasteiger partial charge in [-0.2, -0.15) is 0 Å². The third kappa shape index (κ3) is 37.8. The Morgan fingerprint density at radius 1 is 0.786 bits per heavy atom. The number of rotatable bonds is 6. The van der Waals surface area contributed by atoms with Crippen LogP contribution in [0.4, 0.5) is 0 Å². The van der Waals surface area contributed by atoms with E-state index in [0.717, 1.165) is 6.42 Å². The van der Waals surface area contributed by atoms with Gasteiger partial charge < -0.3 is 21.5 Å². The zero-order valence-corrected chi connectivity index (χ0v) is 11.9. The molecular formula is C8H21O4Ti2-. The largest absolute Gasteiger partial charge is 2.00 e. The first-order valence-corrected chi connectivity index (χ1v) is 4.02. The maximum absolute atomic E-state index is 8.42. The molecule has 0 bridgehead atoms. The smallest absolute Gasteiger partial charge is 0.870 e. The Kier molecular flexibility index (Phi) is 95.0. The van der Waals surface area contributed by atoms with Crippen LogP contribution < -0.4 is 0 Å². The summed E-state index contributed by atoms with van der Waals surface area (Å²) in [4.78, 5) is 0. The third-order valence-electron chi connectivity index (χ3n) is 1.51. The number of aliphatic hydroxyl groups is 1. The summed E-state index contributed by atoms with van der Waals surface area (Å²) in [5.41, 5.74) is 0. The van der Waals surface area contributed by atoms with Crippen LogP contribution in [0, 0.1) is 0 Å². The van der Waals surface area contributed by atoms with Crippen LogP contribution in [0.2, 0.25) is 0 Å². The molecule has 0 radical (unpaired) electrons. The predicted octanol–water partition coefficient (Wildman–Crippen LogP) is 1.80. The van der Waals surface area contributed by atoms with Gasteiger partial charge in [0.1, 0.15) is 0 Å². The first kappa shape index (κ1) is 36.2. The van der Waals surface area contributed by atoms with Crippen molar-refractivity contribution >= 4 is 0 Å². The molecule has 0 aromatic heterocycles. The van der Waals surface area contributed by atoms with Crippen molar-refractivity contribution in [3.8, 4) is 0 Å². The van der Waals surface area contributed by atoms with E-state index in [4.69, 9.17) is 5.11 Å². The molecule has 0 saturated carbocycles. The van der Waals surface area contributed by atoms with E-state index in [1.807, 2.05) is 0 Å². The molecule has 0 aromatic rings. The van der Waals surface area contributed by atoms with E-state index in [0.29, 0.717) is 6.61 Å². The van der Waals surface area contributed by atoms with Crippen molar-refractivity contribution in [2.75, 3.05) is 6.61 Å². The fourth-order valence-electron chi connectivity index (χ4n) is 0.892. The van der Waals surface area contributed by atoms with Crippen molar-refractivity contribution in [1.29, 1.82) is 0 Å². The van der Waals surface area contributed by atoms with Crippen LogP contribution in [0.1, 0.15) is 45.4 Å². The SMILES string of the molecule is CCCCCCCCO.[OH-].[OH-].[OH-].[Ti+2].[Ti]. The average molecular weight is 277 g/mol. The number of hydrogen-bond donors (Lipinski definition) is 1. The molecular weight excluding hydrogens is 256 g/mol. The molecule has 0 aliphatic carbocycles. The molecule has 0 aliphatic heterocycles. The van der Waals surface area contributed by atoms with E-state index < -0.39 is 0 Å². The molecule has 0 atom stereocenters. The third-order valence-corrected chi connectivity index (χ3v) is 1.51. The van der Waals surface area contributed by atoms with Gasteiger partial charge in [0.2, 0.25) is 0 Å². The number of hydrogen-bond acceptors (Lipinski definition) is 4. The normalized spacial score (nSPS) is 6.43. The van der Waals surface area contributed by atoms with Crippen molar-refractivity contribution in [3.05, 3.63) is 0 Å². The van der Waals surface area contributed by atoms with Gasteiger partial charge in [0.25, 0.3) is 0 Å². The number of aliphatic hydroxyl groups excluding tert-OH is 1. The van der Waals surface area contributed by atoms with E-state index in [1.165, 1.54) is 32.1 Å². The molecule has 0 heterocycles. The first-order valence-electron chi connectivity index (χ1n) is 4.02. The summed E-state index contributed by atoms with van der Waals surface area (Å²) in [5, 5.41) is 8.42. The molecule has 4 nitrogen and oxygen atoms in total.